The molecule has 0 saturated carbocycles. The Hall–Kier alpha value is -1.77. The van der Waals surface area contributed by atoms with Gasteiger partial charge in [-0.15, -0.1) is 0 Å². The van der Waals surface area contributed by atoms with Gasteiger partial charge in [-0.25, -0.2) is 0 Å². The summed E-state index contributed by atoms with van der Waals surface area (Å²) >= 11 is 0. The minimum absolute atomic E-state index is 0.224. The number of benzene rings is 1. The number of hydrogen-bond acceptors (Lipinski definition) is 2. The monoisotopic (exact) mass is 257 g/mol. The zero-order valence-electron chi connectivity index (χ0n) is 11.2. The lowest BCUT2D eigenvalue weighted by atomic mass is 9.88. The molecule has 3 rings (SSSR count). The summed E-state index contributed by atoms with van der Waals surface area (Å²) in [5, 5.41) is 0. The Labute approximate surface area is 113 Å². The number of methoxy groups -OCH3 is 1. The van der Waals surface area contributed by atoms with E-state index in [0.29, 0.717) is 12.5 Å². The fourth-order valence-electron chi connectivity index (χ4n) is 3.16. The van der Waals surface area contributed by atoms with Crippen LogP contribution in [0.25, 0.3) is 0 Å². The number of ether oxygens (including phenoxy) is 1. The Bertz CT molecular complexity index is 492. The van der Waals surface area contributed by atoms with E-state index in [1.807, 2.05) is 18.2 Å². The van der Waals surface area contributed by atoms with Crippen molar-refractivity contribution in [2.45, 2.75) is 37.8 Å². The predicted octanol–water partition coefficient (Wildman–Crippen LogP) is 3.08. The smallest absolute Gasteiger partial charge is 0.227 e. The van der Waals surface area contributed by atoms with Gasteiger partial charge in [-0.1, -0.05) is 24.3 Å². The van der Waals surface area contributed by atoms with Crippen LogP contribution in [0.1, 0.15) is 37.3 Å². The minimum atomic E-state index is 0.224. The van der Waals surface area contributed by atoms with Gasteiger partial charge in [0.2, 0.25) is 5.91 Å². The molecule has 3 nitrogen and oxygen atoms in total. The molecule has 2 aliphatic rings. The van der Waals surface area contributed by atoms with Gasteiger partial charge in [-0.05, 0) is 37.0 Å². The van der Waals surface area contributed by atoms with Crippen molar-refractivity contribution in [3.05, 3.63) is 42.0 Å². The maximum absolute atomic E-state index is 12.2. The molecule has 2 aliphatic heterocycles. The van der Waals surface area contributed by atoms with Crippen LogP contribution in [-0.4, -0.2) is 24.0 Å². The van der Waals surface area contributed by atoms with Crippen molar-refractivity contribution in [3.63, 3.8) is 0 Å². The third kappa shape index (κ3) is 2.25. The highest BCUT2D eigenvalue weighted by Gasteiger charge is 2.34. The molecule has 19 heavy (non-hydrogen) atoms. The maximum Gasteiger partial charge on any atom is 0.227 e. The number of carbonyl (C=O) groups excluding carboxylic acids is 1. The third-order valence-electron chi connectivity index (χ3n) is 4.11. The fraction of sp³-hybridized carbons (Fsp3) is 0.438. The molecule has 0 spiro atoms. The average Bonchev–Trinajstić information content (AvgIpc) is 2.47. The molecule has 0 radical (unpaired) electrons. The van der Waals surface area contributed by atoms with Crippen molar-refractivity contribution in [2.75, 3.05) is 7.11 Å². The molecule has 100 valence electrons. The van der Waals surface area contributed by atoms with Crippen LogP contribution in [0, 0.1) is 0 Å². The van der Waals surface area contributed by atoms with Crippen LogP contribution in [-0.2, 0) is 4.79 Å². The van der Waals surface area contributed by atoms with Gasteiger partial charge in [0.15, 0.2) is 0 Å². The predicted molar refractivity (Wildman–Crippen MR) is 74.0 cm³/mol. The van der Waals surface area contributed by atoms with Crippen molar-refractivity contribution < 1.29 is 9.53 Å². The number of carbonyl (C=O) groups is 1. The van der Waals surface area contributed by atoms with Crippen LogP contribution in [0.3, 0.4) is 0 Å². The summed E-state index contributed by atoms with van der Waals surface area (Å²) in [4.78, 5) is 14.3. The first-order valence-corrected chi connectivity index (χ1v) is 6.91. The molecule has 0 aromatic heterocycles. The van der Waals surface area contributed by atoms with E-state index in [-0.39, 0.29) is 11.9 Å². The second kappa shape index (κ2) is 5.08. The first-order chi connectivity index (χ1) is 9.29. The first-order valence-electron chi connectivity index (χ1n) is 6.91. The van der Waals surface area contributed by atoms with Crippen molar-refractivity contribution >= 4 is 5.91 Å². The van der Waals surface area contributed by atoms with E-state index < -0.39 is 0 Å². The highest BCUT2D eigenvalue weighted by Crippen LogP contribution is 2.37. The zero-order chi connectivity index (χ0) is 13.2. The second-order valence-electron chi connectivity index (χ2n) is 5.22. The van der Waals surface area contributed by atoms with Crippen molar-refractivity contribution in [1.82, 2.24) is 4.90 Å². The van der Waals surface area contributed by atoms with Crippen LogP contribution >= 0.6 is 0 Å². The molecule has 0 N–H and O–H groups in total. The van der Waals surface area contributed by atoms with Crippen molar-refractivity contribution in [2.24, 2.45) is 0 Å². The second-order valence-corrected chi connectivity index (χ2v) is 5.22. The third-order valence-corrected chi connectivity index (χ3v) is 4.11. The van der Waals surface area contributed by atoms with Gasteiger partial charge in [0.25, 0.3) is 0 Å². The van der Waals surface area contributed by atoms with E-state index in [1.54, 1.807) is 7.11 Å². The summed E-state index contributed by atoms with van der Waals surface area (Å²) in [6.07, 6.45) is 8.08. The highest BCUT2D eigenvalue weighted by molar-refractivity contribution is 5.80. The molecule has 0 bridgehead atoms. The number of hydrogen-bond donors (Lipinski definition) is 0. The first kappa shape index (κ1) is 12.3. The zero-order valence-corrected chi connectivity index (χ0v) is 11.2. The Balaban J connectivity index is 1.89. The minimum Gasteiger partial charge on any atom is -0.497 e. The summed E-state index contributed by atoms with van der Waals surface area (Å²) in [7, 11) is 1.67. The lowest BCUT2D eigenvalue weighted by molar-refractivity contribution is -0.137. The van der Waals surface area contributed by atoms with E-state index in [2.05, 4.69) is 23.1 Å². The van der Waals surface area contributed by atoms with E-state index in [9.17, 15) is 4.79 Å². The molecular weight excluding hydrogens is 238 g/mol. The number of piperidine rings is 1. The molecule has 1 fully saturated rings. The number of amides is 1. The van der Waals surface area contributed by atoms with E-state index in [0.717, 1.165) is 18.6 Å². The van der Waals surface area contributed by atoms with Crippen molar-refractivity contribution in [3.8, 4) is 5.75 Å². The summed E-state index contributed by atoms with van der Waals surface area (Å²) < 4.78 is 5.19. The fourth-order valence-corrected chi connectivity index (χ4v) is 3.16. The number of fused-ring (bicyclic) bond motifs is 1. The molecule has 1 saturated heterocycles. The van der Waals surface area contributed by atoms with Gasteiger partial charge in [-0.3, -0.25) is 4.79 Å². The van der Waals surface area contributed by atoms with Gasteiger partial charge in [0.05, 0.1) is 19.2 Å². The summed E-state index contributed by atoms with van der Waals surface area (Å²) in [6.45, 7) is 0. The van der Waals surface area contributed by atoms with E-state index >= 15 is 0 Å². The van der Waals surface area contributed by atoms with Crippen LogP contribution in [0.2, 0.25) is 0 Å². The molecule has 2 atom stereocenters. The SMILES string of the molecule is COc1ccc(C2CCCC3C=CCC(=O)N32)cc1. The van der Waals surface area contributed by atoms with Crippen LogP contribution in [0.5, 0.6) is 5.75 Å². The van der Waals surface area contributed by atoms with E-state index in [1.165, 1.54) is 12.0 Å². The van der Waals surface area contributed by atoms with E-state index in [4.69, 9.17) is 4.74 Å². The van der Waals surface area contributed by atoms with Crippen LogP contribution in [0.15, 0.2) is 36.4 Å². The summed E-state index contributed by atoms with van der Waals surface area (Å²) in [5.74, 6) is 1.12. The van der Waals surface area contributed by atoms with Gasteiger partial charge in [0, 0.05) is 6.42 Å². The number of rotatable bonds is 2. The van der Waals surface area contributed by atoms with Gasteiger partial charge >= 0.3 is 0 Å². The summed E-state index contributed by atoms with van der Waals surface area (Å²) in [6, 6.07) is 8.63. The number of nitrogens with zero attached hydrogens (tertiary/aromatic N) is 1. The average molecular weight is 257 g/mol. The molecule has 0 aliphatic carbocycles. The normalized spacial score (nSPS) is 26.2. The molecule has 1 aromatic rings. The largest absolute Gasteiger partial charge is 0.497 e. The van der Waals surface area contributed by atoms with Crippen molar-refractivity contribution in [1.29, 1.82) is 0 Å². The maximum atomic E-state index is 12.2. The van der Waals surface area contributed by atoms with Crippen LogP contribution in [0.4, 0.5) is 0 Å². The van der Waals surface area contributed by atoms with Crippen LogP contribution < -0.4 is 4.74 Å². The van der Waals surface area contributed by atoms with Gasteiger partial charge < -0.3 is 9.64 Å². The molecule has 1 amide bonds. The Morgan fingerprint density at radius 1 is 1.21 bits per heavy atom. The Kier molecular flexibility index (Phi) is 3.28. The Morgan fingerprint density at radius 3 is 2.74 bits per heavy atom. The molecule has 2 heterocycles. The molecule has 2 unspecified atom stereocenters. The highest BCUT2D eigenvalue weighted by atomic mass is 16.5. The van der Waals surface area contributed by atoms with Gasteiger partial charge in [-0.2, -0.15) is 0 Å². The topological polar surface area (TPSA) is 29.5 Å². The van der Waals surface area contributed by atoms with Gasteiger partial charge in [0.1, 0.15) is 5.75 Å². The summed E-state index contributed by atoms with van der Waals surface area (Å²) in [5.41, 5.74) is 1.22. The molecule has 3 heteroatoms. The lowest BCUT2D eigenvalue weighted by Crippen LogP contribution is -2.46. The standard InChI is InChI=1S/C16H19NO2/c1-19-14-10-8-12(9-11-14)15-6-2-4-13-5-3-7-16(18)17(13)15/h3,5,8-11,13,15H,2,4,6-7H2,1H3. The molecular formula is C16H19NO2. The lowest BCUT2D eigenvalue weighted by Gasteiger charge is -2.43. The molecule has 1 aromatic carbocycles. The Morgan fingerprint density at radius 2 is 2.00 bits per heavy atom. The quantitative estimate of drug-likeness (QED) is 0.762.